The second kappa shape index (κ2) is 7.60. The third-order valence-electron chi connectivity index (χ3n) is 0.123. The molecule has 0 spiro atoms. The van der Waals surface area contributed by atoms with Crippen LogP contribution in [0.5, 0.6) is 0 Å². The van der Waals surface area contributed by atoms with Crippen molar-refractivity contribution in [1.82, 2.24) is 5.43 Å². The Morgan fingerprint density at radius 3 is 1.44 bits per heavy atom. The largest absolute Gasteiger partial charge is 0.361 e. The monoisotopic (exact) mass is 169 g/mol. The molecule has 5 N–H and O–H groups in total. The van der Waals surface area contributed by atoms with Gasteiger partial charge in [0.1, 0.15) is 0 Å². The van der Waals surface area contributed by atoms with E-state index in [4.69, 9.17) is 4.79 Å². The van der Waals surface area contributed by atoms with Crippen LogP contribution in [0.25, 0.3) is 0 Å². The number of hydrazine groups is 1. The average Bonchev–Trinajstić information content (AvgIpc) is 1.65. The van der Waals surface area contributed by atoms with Crippen LogP contribution in [0.1, 0.15) is 0 Å². The van der Waals surface area contributed by atoms with E-state index in [2.05, 4.69) is 36.8 Å². The number of rotatable bonds is 0. The summed E-state index contributed by atoms with van der Waals surface area (Å²) in [6.45, 7) is 0. The first-order valence-electron chi connectivity index (χ1n) is 1.68. The van der Waals surface area contributed by atoms with Gasteiger partial charge >= 0.3 is 0 Å². The highest BCUT2D eigenvalue weighted by Gasteiger charge is 1.74. The molecule has 0 atom stereocenters. The molecule has 0 saturated carbocycles. The number of carbonyl (C=O) groups excluding carboxylic acids is 2. The molecular weight excluding hydrogens is 162 g/mol. The van der Waals surface area contributed by atoms with E-state index in [-0.39, 0.29) is 0 Å². The summed E-state index contributed by atoms with van der Waals surface area (Å²) in [5.74, 6) is 4.50. The first-order chi connectivity index (χ1) is 4.00. The highest BCUT2D eigenvalue weighted by Crippen LogP contribution is 1.65. The molecule has 0 aromatic carbocycles. The highest BCUT2D eigenvalue weighted by molar-refractivity contribution is 7.96. The van der Waals surface area contributed by atoms with Crippen LogP contribution >= 0.6 is 25.3 Å². The molecule has 2 amide bonds. The van der Waals surface area contributed by atoms with Gasteiger partial charge in [-0.2, -0.15) is 0 Å². The van der Waals surface area contributed by atoms with Gasteiger partial charge in [0.2, 0.25) is 0 Å². The van der Waals surface area contributed by atoms with E-state index >= 15 is 0 Å². The van der Waals surface area contributed by atoms with Crippen molar-refractivity contribution in [2.24, 2.45) is 11.6 Å². The standard InChI is InChI=1S/CH4N2OS.CH3NOS/c2-3-1(4)5;2-1(3)4/h2H2,(H2,3,4,5);(H3,2,3,4). The van der Waals surface area contributed by atoms with E-state index in [9.17, 15) is 4.79 Å². The number of thiol groups is 2. The van der Waals surface area contributed by atoms with Crippen molar-refractivity contribution in [1.29, 1.82) is 0 Å². The van der Waals surface area contributed by atoms with Gasteiger partial charge < -0.3 is 5.73 Å². The number of primary amides is 1. The smallest absolute Gasteiger partial charge is 0.289 e. The summed E-state index contributed by atoms with van der Waals surface area (Å²) < 4.78 is 0. The SMILES string of the molecule is NC(=O)S.NNC(=O)S. The minimum atomic E-state index is -0.639. The molecule has 0 aromatic rings. The van der Waals surface area contributed by atoms with Gasteiger partial charge in [-0.3, -0.25) is 15.0 Å². The van der Waals surface area contributed by atoms with E-state index in [0.717, 1.165) is 0 Å². The zero-order chi connectivity index (χ0) is 7.86. The number of nitrogens with one attached hydrogen (secondary N) is 1. The van der Waals surface area contributed by atoms with Gasteiger partial charge in [0.25, 0.3) is 10.5 Å². The molecular formula is C2H7N3O2S2. The Hall–Kier alpha value is -0.400. The van der Waals surface area contributed by atoms with Crippen LogP contribution < -0.4 is 17.0 Å². The summed E-state index contributed by atoms with van der Waals surface area (Å²) in [6.07, 6.45) is 0. The fraction of sp³-hybridized carbons (Fsp3) is 0. The normalized spacial score (nSPS) is 6.56. The molecule has 0 bridgehead atoms. The van der Waals surface area contributed by atoms with Gasteiger partial charge in [0, 0.05) is 0 Å². The first-order valence-corrected chi connectivity index (χ1v) is 2.58. The van der Waals surface area contributed by atoms with Crippen molar-refractivity contribution in [2.75, 3.05) is 0 Å². The summed E-state index contributed by atoms with van der Waals surface area (Å²) in [4.78, 5) is 18.5. The predicted molar refractivity (Wildman–Crippen MR) is 40.3 cm³/mol. The Labute approximate surface area is 62.9 Å². The Balaban J connectivity index is 0. The molecule has 0 aliphatic heterocycles. The lowest BCUT2D eigenvalue weighted by Gasteiger charge is -1.79. The van der Waals surface area contributed by atoms with Crippen molar-refractivity contribution in [3.63, 3.8) is 0 Å². The molecule has 0 fully saturated rings. The van der Waals surface area contributed by atoms with E-state index in [1.165, 1.54) is 0 Å². The maximum Gasteiger partial charge on any atom is 0.289 e. The molecule has 0 rings (SSSR count). The molecule has 0 aromatic heterocycles. The van der Waals surface area contributed by atoms with Crippen molar-refractivity contribution < 1.29 is 9.59 Å². The maximum atomic E-state index is 9.44. The minimum Gasteiger partial charge on any atom is -0.361 e. The molecule has 0 unspecified atom stereocenters. The Bertz CT molecular complexity index is 102. The highest BCUT2D eigenvalue weighted by atomic mass is 32.1. The summed E-state index contributed by atoms with van der Waals surface area (Å²) in [6, 6.07) is 0. The molecule has 0 aliphatic carbocycles. The van der Waals surface area contributed by atoms with Crippen LogP contribution in [-0.4, -0.2) is 10.5 Å². The number of hydrogen-bond donors (Lipinski definition) is 5. The third kappa shape index (κ3) is 93.1. The zero-order valence-electron chi connectivity index (χ0n) is 4.37. The number of carbonyl (C=O) groups is 2. The van der Waals surface area contributed by atoms with Crippen molar-refractivity contribution >= 4 is 35.7 Å². The van der Waals surface area contributed by atoms with Crippen LogP contribution in [0.2, 0.25) is 0 Å². The van der Waals surface area contributed by atoms with Crippen LogP contribution in [0.4, 0.5) is 9.59 Å². The van der Waals surface area contributed by atoms with Crippen LogP contribution in [0.3, 0.4) is 0 Å². The second-order valence-corrected chi connectivity index (χ2v) is 1.63. The lowest BCUT2D eigenvalue weighted by molar-refractivity contribution is 0.261. The average molecular weight is 169 g/mol. The van der Waals surface area contributed by atoms with Crippen molar-refractivity contribution in [2.45, 2.75) is 0 Å². The minimum absolute atomic E-state index is 0.523. The summed E-state index contributed by atoms with van der Waals surface area (Å²) >= 11 is 6.33. The van der Waals surface area contributed by atoms with E-state index in [1.54, 1.807) is 5.43 Å². The number of hydrogen-bond acceptors (Lipinski definition) is 3. The fourth-order valence-corrected chi connectivity index (χ4v) is 0. The molecule has 9 heavy (non-hydrogen) atoms. The van der Waals surface area contributed by atoms with Crippen LogP contribution in [0.15, 0.2) is 0 Å². The predicted octanol–water partition coefficient (Wildman–Crippen LogP) is -0.506. The van der Waals surface area contributed by atoms with E-state index in [0.29, 0.717) is 0 Å². The molecule has 5 nitrogen and oxygen atoms in total. The molecule has 0 heterocycles. The van der Waals surface area contributed by atoms with Gasteiger partial charge in [0.15, 0.2) is 0 Å². The van der Waals surface area contributed by atoms with Gasteiger partial charge in [-0.1, -0.05) is 25.3 Å². The van der Waals surface area contributed by atoms with E-state index in [1.807, 2.05) is 0 Å². The molecule has 0 radical (unpaired) electrons. The molecule has 0 saturated heterocycles. The molecule has 0 aliphatic rings. The number of amides is 2. The molecule has 7 heteroatoms. The van der Waals surface area contributed by atoms with Gasteiger partial charge in [-0.25, -0.2) is 5.84 Å². The lowest BCUT2D eigenvalue weighted by Crippen LogP contribution is -2.23. The van der Waals surface area contributed by atoms with Crippen molar-refractivity contribution in [3.05, 3.63) is 0 Å². The summed E-state index contributed by atoms with van der Waals surface area (Å²) in [7, 11) is 0. The zero-order valence-corrected chi connectivity index (χ0v) is 6.15. The Morgan fingerprint density at radius 1 is 1.33 bits per heavy atom. The Kier molecular flexibility index (Phi) is 9.63. The first kappa shape index (κ1) is 11.4. The second-order valence-electron chi connectivity index (χ2n) is 0.788. The van der Waals surface area contributed by atoms with Crippen LogP contribution in [0, 0.1) is 0 Å². The van der Waals surface area contributed by atoms with E-state index < -0.39 is 10.5 Å². The third-order valence-corrected chi connectivity index (χ3v) is 0.253. The number of nitrogens with two attached hydrogens (primary N) is 2. The Morgan fingerprint density at radius 2 is 1.44 bits per heavy atom. The topological polar surface area (TPSA) is 98.2 Å². The fourth-order valence-electron chi connectivity index (χ4n) is 0. The van der Waals surface area contributed by atoms with Crippen LogP contribution in [-0.2, 0) is 0 Å². The summed E-state index contributed by atoms with van der Waals surface area (Å²) in [5.41, 5.74) is 6.09. The summed E-state index contributed by atoms with van der Waals surface area (Å²) in [5, 5.41) is -1.16. The molecule has 54 valence electrons. The van der Waals surface area contributed by atoms with Gasteiger partial charge in [-0.15, -0.1) is 0 Å². The lowest BCUT2D eigenvalue weighted by atomic mass is 11.4. The van der Waals surface area contributed by atoms with Crippen molar-refractivity contribution in [3.8, 4) is 0 Å². The maximum absolute atomic E-state index is 9.44. The van der Waals surface area contributed by atoms with Gasteiger partial charge in [-0.05, 0) is 0 Å². The van der Waals surface area contributed by atoms with Gasteiger partial charge in [0.05, 0.1) is 0 Å². The quantitative estimate of drug-likeness (QED) is 0.146.